The minimum atomic E-state index is 0.803. The Morgan fingerprint density at radius 3 is 1.77 bits per heavy atom. The lowest BCUT2D eigenvalue weighted by Gasteiger charge is -2.08. The van der Waals surface area contributed by atoms with Gasteiger partial charge < -0.3 is 4.74 Å². The largest absolute Gasteiger partial charge is 0.494 e. The van der Waals surface area contributed by atoms with Crippen molar-refractivity contribution in [2.75, 3.05) is 12.4 Å². The summed E-state index contributed by atoms with van der Waals surface area (Å²) in [6.45, 7) is 5.24. The maximum Gasteiger partial charge on any atom is 0.119 e. The molecular weight excluding hydrogens is 416 g/mol. The van der Waals surface area contributed by atoms with Crippen molar-refractivity contribution in [2.24, 2.45) is 0 Å². The second-order valence-corrected chi connectivity index (χ2v) is 9.96. The minimum Gasteiger partial charge on any atom is -0.494 e. The van der Waals surface area contributed by atoms with E-state index < -0.39 is 0 Å². The molecule has 164 valence electrons. The topological polar surface area (TPSA) is 9.23 Å². The highest BCUT2D eigenvalue weighted by Crippen LogP contribution is 2.29. The molecule has 0 aliphatic heterocycles. The Kier molecular flexibility index (Phi) is 10.4. The highest BCUT2D eigenvalue weighted by atomic mass is 32.2. The number of thioether (sulfide) groups is 2. The SMILES string of the molecule is CCCCCSc1ccc(-c2ccc(SCc3ccc(OCCCC)cc3)cc2)cc1. The zero-order valence-corrected chi connectivity index (χ0v) is 20.4. The van der Waals surface area contributed by atoms with E-state index in [1.54, 1.807) is 0 Å². The van der Waals surface area contributed by atoms with Gasteiger partial charge in [0, 0.05) is 15.5 Å². The summed E-state index contributed by atoms with van der Waals surface area (Å²) in [5, 5.41) is 0. The van der Waals surface area contributed by atoms with Crippen molar-refractivity contribution in [1.29, 1.82) is 0 Å². The molecule has 0 saturated carbocycles. The molecule has 3 aromatic rings. The fraction of sp³-hybridized carbons (Fsp3) is 0.357. The maximum atomic E-state index is 5.75. The van der Waals surface area contributed by atoms with Crippen LogP contribution < -0.4 is 4.74 Å². The summed E-state index contributed by atoms with van der Waals surface area (Å²) in [5.74, 6) is 3.16. The molecule has 0 amide bonds. The van der Waals surface area contributed by atoms with Gasteiger partial charge in [-0.15, -0.1) is 23.5 Å². The monoisotopic (exact) mass is 450 g/mol. The molecule has 0 aliphatic carbocycles. The van der Waals surface area contributed by atoms with Crippen molar-refractivity contribution in [3.63, 3.8) is 0 Å². The first-order valence-electron chi connectivity index (χ1n) is 11.5. The quantitative estimate of drug-likeness (QED) is 0.190. The molecule has 3 rings (SSSR count). The summed E-state index contributed by atoms with van der Waals surface area (Å²) in [6, 6.07) is 26.4. The lowest BCUT2D eigenvalue weighted by Crippen LogP contribution is -1.96. The van der Waals surface area contributed by atoms with Gasteiger partial charge in [-0.05, 0) is 71.7 Å². The Morgan fingerprint density at radius 1 is 0.613 bits per heavy atom. The Hall–Kier alpha value is -1.84. The van der Waals surface area contributed by atoms with Crippen LogP contribution in [0.1, 0.15) is 51.5 Å². The smallest absolute Gasteiger partial charge is 0.119 e. The number of unbranched alkanes of at least 4 members (excludes halogenated alkanes) is 3. The predicted octanol–water partition coefficient (Wildman–Crippen LogP) is 9.11. The second-order valence-electron chi connectivity index (χ2n) is 7.74. The first-order chi connectivity index (χ1) is 15.3. The second kappa shape index (κ2) is 13.5. The molecule has 0 fully saturated rings. The predicted molar refractivity (Wildman–Crippen MR) is 139 cm³/mol. The van der Waals surface area contributed by atoms with Gasteiger partial charge in [-0.3, -0.25) is 0 Å². The van der Waals surface area contributed by atoms with Gasteiger partial charge in [0.25, 0.3) is 0 Å². The third-order valence-corrected chi connectivity index (χ3v) is 7.34. The molecule has 31 heavy (non-hydrogen) atoms. The molecule has 3 heteroatoms. The molecule has 1 nitrogen and oxygen atoms in total. The molecule has 0 unspecified atom stereocenters. The van der Waals surface area contributed by atoms with Gasteiger partial charge in [0.1, 0.15) is 5.75 Å². The van der Waals surface area contributed by atoms with Crippen molar-refractivity contribution in [3.05, 3.63) is 78.4 Å². The molecule has 0 saturated heterocycles. The van der Waals surface area contributed by atoms with Gasteiger partial charge in [-0.2, -0.15) is 0 Å². The molecule has 0 aliphatic rings. The van der Waals surface area contributed by atoms with Gasteiger partial charge in [-0.25, -0.2) is 0 Å². The van der Waals surface area contributed by atoms with Crippen molar-refractivity contribution in [3.8, 4) is 16.9 Å². The van der Waals surface area contributed by atoms with Crippen LogP contribution in [0.15, 0.2) is 82.6 Å². The van der Waals surface area contributed by atoms with Gasteiger partial charge in [-0.1, -0.05) is 69.5 Å². The van der Waals surface area contributed by atoms with Crippen LogP contribution in [0.4, 0.5) is 0 Å². The Balaban J connectivity index is 1.47. The minimum absolute atomic E-state index is 0.803. The lowest BCUT2D eigenvalue weighted by atomic mass is 10.1. The third kappa shape index (κ3) is 8.31. The number of benzene rings is 3. The van der Waals surface area contributed by atoms with E-state index >= 15 is 0 Å². The number of hydrogen-bond acceptors (Lipinski definition) is 3. The van der Waals surface area contributed by atoms with E-state index in [9.17, 15) is 0 Å². The van der Waals surface area contributed by atoms with E-state index in [0.717, 1.165) is 31.0 Å². The lowest BCUT2D eigenvalue weighted by molar-refractivity contribution is 0.309. The third-order valence-electron chi connectivity index (χ3n) is 5.15. The van der Waals surface area contributed by atoms with Crippen LogP contribution in [0.3, 0.4) is 0 Å². The van der Waals surface area contributed by atoms with Crippen LogP contribution in [0, 0.1) is 0 Å². The van der Waals surface area contributed by atoms with Crippen LogP contribution in [0.25, 0.3) is 11.1 Å². The van der Waals surface area contributed by atoms with Crippen LogP contribution >= 0.6 is 23.5 Å². The fourth-order valence-corrected chi connectivity index (χ4v) is 4.98. The summed E-state index contributed by atoms with van der Waals surface area (Å²) in [4.78, 5) is 2.67. The van der Waals surface area contributed by atoms with Gasteiger partial charge >= 0.3 is 0 Å². The molecule has 0 spiro atoms. The molecule has 0 bridgehead atoms. The van der Waals surface area contributed by atoms with Crippen LogP contribution in [-0.2, 0) is 5.75 Å². The number of ether oxygens (including phenoxy) is 1. The van der Waals surface area contributed by atoms with Gasteiger partial charge in [0.2, 0.25) is 0 Å². The van der Waals surface area contributed by atoms with Crippen molar-refractivity contribution >= 4 is 23.5 Å². The normalized spacial score (nSPS) is 10.9. The average Bonchev–Trinajstić information content (AvgIpc) is 2.82. The molecule has 0 atom stereocenters. The van der Waals surface area contributed by atoms with Gasteiger partial charge in [0.05, 0.1) is 6.61 Å². The van der Waals surface area contributed by atoms with E-state index in [-0.39, 0.29) is 0 Å². The average molecular weight is 451 g/mol. The van der Waals surface area contributed by atoms with Crippen LogP contribution in [0.5, 0.6) is 5.75 Å². The summed E-state index contributed by atoms with van der Waals surface area (Å²) >= 11 is 3.84. The van der Waals surface area contributed by atoms with Crippen molar-refractivity contribution in [1.82, 2.24) is 0 Å². The first kappa shape index (κ1) is 23.8. The summed E-state index contributed by atoms with van der Waals surface area (Å²) in [5.41, 5.74) is 3.89. The maximum absolute atomic E-state index is 5.75. The van der Waals surface area contributed by atoms with E-state index in [1.807, 2.05) is 23.5 Å². The summed E-state index contributed by atoms with van der Waals surface area (Å²) in [6.07, 6.45) is 6.19. The molecular formula is C28H34OS2. The zero-order chi connectivity index (χ0) is 21.7. The molecule has 3 aromatic carbocycles. The summed E-state index contributed by atoms with van der Waals surface area (Å²) < 4.78 is 5.75. The van der Waals surface area contributed by atoms with Gasteiger partial charge in [0.15, 0.2) is 0 Å². The zero-order valence-electron chi connectivity index (χ0n) is 18.8. The van der Waals surface area contributed by atoms with Crippen LogP contribution in [-0.4, -0.2) is 12.4 Å². The Labute approximate surface area is 197 Å². The highest BCUT2D eigenvalue weighted by molar-refractivity contribution is 7.99. The van der Waals surface area contributed by atoms with E-state index in [2.05, 4.69) is 86.6 Å². The van der Waals surface area contributed by atoms with Crippen molar-refractivity contribution < 1.29 is 4.74 Å². The summed E-state index contributed by atoms with van der Waals surface area (Å²) in [7, 11) is 0. The number of hydrogen-bond donors (Lipinski definition) is 0. The molecule has 0 heterocycles. The van der Waals surface area contributed by atoms with E-state index in [0.29, 0.717) is 0 Å². The Morgan fingerprint density at radius 2 is 1.19 bits per heavy atom. The standard InChI is InChI=1S/C28H34OS2/c1-3-5-7-21-30-27-16-10-24(11-17-27)25-12-18-28(19-13-25)31-22-23-8-14-26(15-9-23)29-20-6-4-2/h8-19H,3-7,20-22H2,1-2H3. The molecule has 0 N–H and O–H groups in total. The fourth-order valence-electron chi connectivity index (χ4n) is 3.21. The highest BCUT2D eigenvalue weighted by Gasteiger charge is 2.02. The van der Waals surface area contributed by atoms with E-state index in [4.69, 9.17) is 4.74 Å². The van der Waals surface area contributed by atoms with E-state index in [1.165, 1.54) is 51.5 Å². The van der Waals surface area contributed by atoms with Crippen molar-refractivity contribution in [2.45, 2.75) is 61.5 Å². The number of rotatable bonds is 13. The molecule has 0 aromatic heterocycles. The molecule has 0 radical (unpaired) electrons. The Bertz CT molecular complexity index is 870. The first-order valence-corrected chi connectivity index (χ1v) is 13.4. The van der Waals surface area contributed by atoms with Crippen LogP contribution in [0.2, 0.25) is 0 Å².